The first-order valence-corrected chi connectivity index (χ1v) is 6.67. The summed E-state index contributed by atoms with van der Waals surface area (Å²) in [5.74, 6) is -0.166. The molecule has 1 aromatic carbocycles. The van der Waals surface area contributed by atoms with Crippen molar-refractivity contribution in [3.8, 4) is 0 Å². The van der Waals surface area contributed by atoms with Gasteiger partial charge in [-0.2, -0.15) is 0 Å². The SMILES string of the molecule is CC(C)(CCCO)CNC(=O)c1ccc(Cl)c(N)c1. The lowest BCUT2D eigenvalue weighted by Gasteiger charge is -2.24. The van der Waals surface area contributed by atoms with Gasteiger partial charge in [-0.25, -0.2) is 0 Å². The van der Waals surface area contributed by atoms with Crippen LogP contribution in [0.15, 0.2) is 18.2 Å². The minimum absolute atomic E-state index is 0.0453. The Morgan fingerprint density at radius 2 is 2.16 bits per heavy atom. The van der Waals surface area contributed by atoms with Crippen LogP contribution in [-0.2, 0) is 0 Å². The van der Waals surface area contributed by atoms with Gasteiger partial charge >= 0.3 is 0 Å². The number of nitrogens with one attached hydrogen (secondary N) is 1. The molecule has 0 aliphatic carbocycles. The minimum Gasteiger partial charge on any atom is -0.398 e. The van der Waals surface area contributed by atoms with Crippen molar-refractivity contribution in [2.45, 2.75) is 26.7 Å². The highest BCUT2D eigenvalue weighted by atomic mass is 35.5. The summed E-state index contributed by atoms with van der Waals surface area (Å²) in [5, 5.41) is 12.1. The molecule has 0 bridgehead atoms. The van der Waals surface area contributed by atoms with Gasteiger partial charge in [0, 0.05) is 18.7 Å². The van der Waals surface area contributed by atoms with Crippen LogP contribution in [0, 0.1) is 5.41 Å². The molecule has 0 saturated heterocycles. The number of nitrogens with two attached hydrogens (primary N) is 1. The van der Waals surface area contributed by atoms with E-state index in [4.69, 9.17) is 22.4 Å². The zero-order valence-electron chi connectivity index (χ0n) is 11.4. The van der Waals surface area contributed by atoms with Gasteiger partial charge in [0.2, 0.25) is 0 Å². The number of carbonyl (C=O) groups excluding carboxylic acids is 1. The number of rotatable bonds is 6. The maximum atomic E-state index is 12.0. The third kappa shape index (κ3) is 5.09. The summed E-state index contributed by atoms with van der Waals surface area (Å²) >= 11 is 5.81. The van der Waals surface area contributed by atoms with Crippen LogP contribution in [0.2, 0.25) is 5.02 Å². The topological polar surface area (TPSA) is 75.3 Å². The number of hydrogen-bond acceptors (Lipinski definition) is 3. The van der Waals surface area contributed by atoms with Crippen LogP contribution in [0.3, 0.4) is 0 Å². The second-order valence-corrected chi connectivity index (χ2v) is 5.82. The van der Waals surface area contributed by atoms with Crippen molar-refractivity contribution in [2.75, 3.05) is 18.9 Å². The Balaban J connectivity index is 2.57. The quantitative estimate of drug-likeness (QED) is 0.702. The van der Waals surface area contributed by atoms with Gasteiger partial charge in [-0.15, -0.1) is 0 Å². The molecule has 0 fully saturated rings. The van der Waals surface area contributed by atoms with Crippen molar-refractivity contribution >= 4 is 23.2 Å². The minimum atomic E-state index is -0.166. The van der Waals surface area contributed by atoms with E-state index in [-0.39, 0.29) is 17.9 Å². The van der Waals surface area contributed by atoms with E-state index >= 15 is 0 Å². The Kier molecular flexibility index (Phi) is 5.63. The first-order chi connectivity index (χ1) is 8.85. The molecule has 0 aliphatic heterocycles. The molecule has 0 atom stereocenters. The molecule has 0 heterocycles. The van der Waals surface area contributed by atoms with E-state index in [2.05, 4.69) is 19.2 Å². The summed E-state index contributed by atoms with van der Waals surface area (Å²) in [6.07, 6.45) is 1.59. The molecule has 5 heteroatoms. The van der Waals surface area contributed by atoms with E-state index < -0.39 is 0 Å². The summed E-state index contributed by atoms with van der Waals surface area (Å²) in [6.45, 7) is 4.83. The number of benzene rings is 1. The van der Waals surface area contributed by atoms with Crippen LogP contribution in [0.5, 0.6) is 0 Å². The molecule has 106 valence electrons. The van der Waals surface area contributed by atoms with E-state index in [9.17, 15) is 4.79 Å². The summed E-state index contributed by atoms with van der Waals surface area (Å²) in [4.78, 5) is 12.0. The highest BCUT2D eigenvalue weighted by molar-refractivity contribution is 6.33. The van der Waals surface area contributed by atoms with E-state index in [1.165, 1.54) is 0 Å². The number of aliphatic hydroxyl groups is 1. The second-order valence-electron chi connectivity index (χ2n) is 5.41. The molecule has 1 rings (SSSR count). The Bertz CT molecular complexity index is 447. The lowest BCUT2D eigenvalue weighted by atomic mass is 9.88. The average molecular weight is 285 g/mol. The molecule has 19 heavy (non-hydrogen) atoms. The maximum absolute atomic E-state index is 12.0. The largest absolute Gasteiger partial charge is 0.398 e. The number of halogens is 1. The molecule has 1 amide bonds. The van der Waals surface area contributed by atoms with E-state index in [0.29, 0.717) is 22.8 Å². The Labute approximate surface area is 118 Å². The fourth-order valence-corrected chi connectivity index (χ4v) is 1.87. The van der Waals surface area contributed by atoms with Crippen LogP contribution < -0.4 is 11.1 Å². The molecular formula is C14H21ClN2O2. The zero-order valence-corrected chi connectivity index (χ0v) is 12.1. The van der Waals surface area contributed by atoms with Gasteiger partial charge in [-0.05, 0) is 36.5 Å². The first-order valence-electron chi connectivity index (χ1n) is 6.30. The van der Waals surface area contributed by atoms with Gasteiger partial charge in [0.1, 0.15) is 0 Å². The fraction of sp³-hybridized carbons (Fsp3) is 0.500. The Morgan fingerprint density at radius 3 is 2.74 bits per heavy atom. The van der Waals surface area contributed by atoms with Crippen LogP contribution >= 0.6 is 11.6 Å². The number of carbonyl (C=O) groups is 1. The molecule has 0 spiro atoms. The zero-order chi connectivity index (χ0) is 14.5. The standard InChI is InChI=1S/C14H21ClN2O2/c1-14(2,6-3-7-18)9-17-13(19)10-4-5-11(15)12(16)8-10/h4-5,8,18H,3,6-7,9,16H2,1-2H3,(H,17,19). The number of hydrogen-bond donors (Lipinski definition) is 3. The molecule has 0 aliphatic rings. The molecule has 0 unspecified atom stereocenters. The van der Waals surface area contributed by atoms with Crippen molar-refractivity contribution in [1.29, 1.82) is 0 Å². The summed E-state index contributed by atoms with van der Waals surface area (Å²) < 4.78 is 0. The molecule has 0 aromatic heterocycles. The Morgan fingerprint density at radius 1 is 1.47 bits per heavy atom. The lowest BCUT2D eigenvalue weighted by molar-refractivity contribution is 0.0933. The van der Waals surface area contributed by atoms with Crippen molar-refractivity contribution < 1.29 is 9.90 Å². The number of amides is 1. The molecule has 4 nitrogen and oxygen atoms in total. The van der Waals surface area contributed by atoms with Gasteiger partial charge in [0.25, 0.3) is 5.91 Å². The number of aliphatic hydroxyl groups excluding tert-OH is 1. The third-order valence-corrected chi connectivity index (χ3v) is 3.34. The Hall–Kier alpha value is -1.26. The van der Waals surface area contributed by atoms with Crippen LogP contribution in [-0.4, -0.2) is 24.2 Å². The summed E-state index contributed by atoms with van der Waals surface area (Å²) in [7, 11) is 0. The molecule has 0 saturated carbocycles. The lowest BCUT2D eigenvalue weighted by Crippen LogP contribution is -2.34. The van der Waals surface area contributed by atoms with Gasteiger partial charge in [0.15, 0.2) is 0 Å². The smallest absolute Gasteiger partial charge is 0.251 e. The summed E-state index contributed by atoms with van der Waals surface area (Å²) in [6, 6.07) is 4.83. The second kappa shape index (κ2) is 6.78. The van der Waals surface area contributed by atoms with Gasteiger partial charge < -0.3 is 16.2 Å². The van der Waals surface area contributed by atoms with Gasteiger partial charge in [-0.3, -0.25) is 4.79 Å². The third-order valence-electron chi connectivity index (χ3n) is 3.00. The first kappa shape index (κ1) is 15.8. The molecule has 1 aromatic rings. The van der Waals surface area contributed by atoms with Gasteiger partial charge in [0.05, 0.1) is 10.7 Å². The monoisotopic (exact) mass is 284 g/mol. The van der Waals surface area contributed by atoms with Crippen molar-refractivity contribution in [2.24, 2.45) is 5.41 Å². The van der Waals surface area contributed by atoms with Crippen LogP contribution in [0.1, 0.15) is 37.0 Å². The van der Waals surface area contributed by atoms with Gasteiger partial charge in [-0.1, -0.05) is 25.4 Å². The maximum Gasteiger partial charge on any atom is 0.251 e. The molecule has 4 N–H and O–H groups in total. The van der Waals surface area contributed by atoms with E-state index in [0.717, 1.165) is 12.8 Å². The highest BCUT2D eigenvalue weighted by Gasteiger charge is 2.18. The van der Waals surface area contributed by atoms with E-state index in [1.807, 2.05) is 0 Å². The number of nitrogen functional groups attached to an aromatic ring is 1. The molecular weight excluding hydrogens is 264 g/mol. The molecule has 0 radical (unpaired) electrons. The fourth-order valence-electron chi connectivity index (χ4n) is 1.75. The average Bonchev–Trinajstić information content (AvgIpc) is 2.37. The highest BCUT2D eigenvalue weighted by Crippen LogP contribution is 2.22. The predicted molar refractivity (Wildman–Crippen MR) is 78.3 cm³/mol. The van der Waals surface area contributed by atoms with Crippen molar-refractivity contribution in [1.82, 2.24) is 5.32 Å². The van der Waals surface area contributed by atoms with Crippen molar-refractivity contribution in [3.05, 3.63) is 28.8 Å². The normalized spacial score (nSPS) is 11.4. The summed E-state index contributed by atoms with van der Waals surface area (Å²) in [5.41, 5.74) is 6.52. The predicted octanol–water partition coefficient (Wildman–Crippen LogP) is 2.45. The van der Waals surface area contributed by atoms with Crippen LogP contribution in [0.4, 0.5) is 5.69 Å². The van der Waals surface area contributed by atoms with E-state index in [1.54, 1.807) is 18.2 Å². The number of anilines is 1. The van der Waals surface area contributed by atoms with Crippen LogP contribution in [0.25, 0.3) is 0 Å². The van der Waals surface area contributed by atoms with Crippen molar-refractivity contribution in [3.63, 3.8) is 0 Å².